The topological polar surface area (TPSA) is 210 Å². The van der Waals surface area contributed by atoms with Crippen LogP contribution in [0.25, 0.3) is 10.9 Å². The lowest BCUT2D eigenvalue weighted by molar-refractivity contribution is -0.149. The standard InChI is InChI=1S/C58H90N6O10/c1-12-39(6)55(50(73-10)35-53(70)63-30-21-26-47(63)56(74-11)40(7)48(66)33-41(57(59)71)32-42-36-60-46-25-18-17-24-44(42)46)62(9)58(72)45(37(2)3)34-49(67)54(38(4)5)61(8)29-19-15-13-14-16-22-43(65)23-20-31-64-51(68)27-28-52(64)69/h17-18,24-25,27-28,36-41,45,47,50,54-56,60H,12-16,19-23,26,29-35H2,1-11H3,(H2,59,71)/t39-,40-,41?,45-,47-,50+,54-,55-,56+/m0/s1. The van der Waals surface area contributed by atoms with Crippen molar-refractivity contribution in [1.29, 1.82) is 0 Å². The van der Waals surface area contributed by atoms with Gasteiger partial charge in [0.1, 0.15) is 11.6 Å². The zero-order valence-corrected chi connectivity index (χ0v) is 46.6. The van der Waals surface area contributed by atoms with Gasteiger partial charge in [0, 0.05) is 107 Å². The number of para-hydroxylation sites is 1. The molecule has 3 heterocycles. The van der Waals surface area contributed by atoms with E-state index >= 15 is 0 Å². The van der Waals surface area contributed by atoms with Crippen LogP contribution in [0.4, 0.5) is 0 Å². The van der Waals surface area contributed by atoms with Gasteiger partial charge in [-0.15, -0.1) is 0 Å². The molecule has 1 aromatic heterocycles. The summed E-state index contributed by atoms with van der Waals surface area (Å²) in [7, 11) is 6.86. The molecule has 2 aliphatic rings. The van der Waals surface area contributed by atoms with E-state index in [2.05, 4.69) is 16.8 Å². The molecule has 1 aromatic carbocycles. The number of hydrogen-bond acceptors (Lipinski definition) is 11. The summed E-state index contributed by atoms with van der Waals surface area (Å²) in [5.74, 6) is -3.62. The van der Waals surface area contributed by atoms with Crippen LogP contribution in [0.3, 0.4) is 0 Å². The summed E-state index contributed by atoms with van der Waals surface area (Å²) in [6, 6.07) is 6.55. The van der Waals surface area contributed by atoms with Crippen LogP contribution in [-0.4, -0.2) is 150 Å². The monoisotopic (exact) mass is 1030 g/mol. The van der Waals surface area contributed by atoms with E-state index in [0.29, 0.717) is 38.6 Å². The number of unbranched alkanes of at least 4 members (excludes halogenated alkanes) is 4. The molecule has 0 radical (unpaired) electrons. The molecule has 9 atom stereocenters. The maximum absolute atomic E-state index is 14.7. The molecule has 1 saturated heterocycles. The first-order valence-corrected chi connectivity index (χ1v) is 27.4. The van der Waals surface area contributed by atoms with Crippen molar-refractivity contribution in [3.8, 4) is 0 Å². The fraction of sp³-hybridized carbons (Fsp3) is 0.690. The minimum atomic E-state index is -0.717. The van der Waals surface area contributed by atoms with Crippen LogP contribution < -0.4 is 5.73 Å². The van der Waals surface area contributed by atoms with Crippen molar-refractivity contribution < 1.29 is 47.8 Å². The predicted octanol–water partition coefficient (Wildman–Crippen LogP) is 7.49. The lowest BCUT2D eigenvalue weighted by atomic mass is 9.83. The molecule has 412 valence electrons. The van der Waals surface area contributed by atoms with E-state index in [0.717, 1.165) is 72.9 Å². The van der Waals surface area contributed by atoms with Gasteiger partial charge >= 0.3 is 0 Å². The third-order valence-corrected chi connectivity index (χ3v) is 16.0. The van der Waals surface area contributed by atoms with Crippen LogP contribution in [-0.2, 0) is 54.3 Å². The van der Waals surface area contributed by atoms with E-state index in [-0.39, 0.29) is 96.6 Å². The summed E-state index contributed by atoms with van der Waals surface area (Å²) in [5, 5.41) is 0.978. The average molecular weight is 1030 g/mol. The lowest BCUT2D eigenvalue weighted by Crippen LogP contribution is -2.54. The molecule has 0 saturated carbocycles. The molecular weight excluding hydrogens is 941 g/mol. The fourth-order valence-corrected chi connectivity index (χ4v) is 11.5. The minimum absolute atomic E-state index is 0.00169. The van der Waals surface area contributed by atoms with Crippen molar-refractivity contribution >= 4 is 57.8 Å². The lowest BCUT2D eigenvalue weighted by Gasteiger charge is -2.41. The number of H-pyrrole nitrogens is 1. The van der Waals surface area contributed by atoms with Crippen molar-refractivity contribution in [1.82, 2.24) is 24.6 Å². The molecule has 2 aromatic rings. The number of likely N-dealkylation sites (N-methyl/N-ethyl adjacent to an activating group) is 2. The van der Waals surface area contributed by atoms with E-state index in [9.17, 15) is 38.4 Å². The molecule has 2 aliphatic heterocycles. The van der Waals surface area contributed by atoms with Gasteiger partial charge in [0.05, 0.1) is 36.8 Å². The van der Waals surface area contributed by atoms with Gasteiger partial charge in [-0.2, -0.15) is 0 Å². The van der Waals surface area contributed by atoms with Crippen molar-refractivity contribution in [3.05, 3.63) is 48.2 Å². The Balaban J connectivity index is 1.33. The number of hydrogen-bond donors (Lipinski definition) is 2. The van der Waals surface area contributed by atoms with E-state index in [4.69, 9.17) is 15.2 Å². The molecule has 0 bridgehead atoms. The number of aromatic nitrogens is 1. The smallest absolute Gasteiger partial charge is 0.253 e. The Morgan fingerprint density at radius 1 is 0.811 bits per heavy atom. The minimum Gasteiger partial charge on any atom is -0.379 e. The molecule has 1 unspecified atom stereocenters. The number of Topliss-reactive ketones (excluding diaryl/α,β-unsaturated/α-hetero) is 3. The summed E-state index contributed by atoms with van der Waals surface area (Å²) < 4.78 is 12.2. The second-order valence-electron chi connectivity index (χ2n) is 21.9. The number of ether oxygens (including phenoxy) is 2. The Morgan fingerprint density at radius 2 is 1.46 bits per heavy atom. The number of nitrogens with one attached hydrogen (secondary N) is 1. The van der Waals surface area contributed by atoms with Crippen molar-refractivity contribution in [2.75, 3.05) is 47.9 Å². The Morgan fingerprint density at radius 3 is 2.08 bits per heavy atom. The number of ketones is 3. The normalized spacial score (nSPS) is 18.3. The van der Waals surface area contributed by atoms with Gasteiger partial charge in [0.2, 0.25) is 17.7 Å². The molecule has 0 aliphatic carbocycles. The molecule has 74 heavy (non-hydrogen) atoms. The quantitative estimate of drug-likeness (QED) is 0.0510. The molecule has 4 rings (SSSR count). The predicted molar refractivity (Wildman–Crippen MR) is 287 cm³/mol. The number of carbonyl (C=O) groups excluding carboxylic acids is 8. The number of fused-ring (bicyclic) bond motifs is 1. The Kier molecular flexibility index (Phi) is 24.8. The van der Waals surface area contributed by atoms with Gasteiger partial charge in [-0.25, -0.2) is 0 Å². The second kappa shape index (κ2) is 29.9. The van der Waals surface area contributed by atoms with Crippen molar-refractivity contribution in [2.45, 2.75) is 175 Å². The Bertz CT molecular complexity index is 2220. The average Bonchev–Trinajstić information content (AvgIpc) is 4.10. The van der Waals surface area contributed by atoms with E-state index in [1.165, 1.54) is 12.2 Å². The van der Waals surface area contributed by atoms with Crippen LogP contribution in [0.15, 0.2) is 42.6 Å². The zero-order chi connectivity index (χ0) is 54.8. The number of primary amides is 1. The third kappa shape index (κ3) is 16.7. The van der Waals surface area contributed by atoms with Crippen LogP contribution in [0.2, 0.25) is 0 Å². The number of rotatable bonds is 35. The number of nitrogens with two attached hydrogens (primary N) is 1. The van der Waals surface area contributed by atoms with E-state index < -0.39 is 41.9 Å². The second-order valence-corrected chi connectivity index (χ2v) is 21.9. The van der Waals surface area contributed by atoms with Crippen LogP contribution in [0, 0.1) is 35.5 Å². The molecule has 16 nitrogen and oxygen atoms in total. The molecule has 0 spiro atoms. The Labute approximate surface area is 441 Å². The van der Waals surface area contributed by atoms with Gasteiger partial charge in [-0.3, -0.25) is 48.2 Å². The summed E-state index contributed by atoms with van der Waals surface area (Å²) in [6.45, 7) is 15.4. The number of likely N-dealkylation sites (tertiary alicyclic amines) is 1. The summed E-state index contributed by atoms with van der Waals surface area (Å²) in [5.41, 5.74) is 7.73. The number of aromatic amines is 1. The SMILES string of the molecule is CC[C@H](C)[C@@H]([C@@H](CC(=O)N1CCC[C@H]1[C@H](OC)[C@@H](C)C(=O)CC(Cc1c[nH]c2ccccc12)C(N)=O)OC)N(C)C(=O)[C@@H](CC(=O)[C@H](C(C)C)N(C)CCCCCCCC(=O)CCCN1C(=O)C=CC1=O)C(C)C. The summed E-state index contributed by atoms with van der Waals surface area (Å²) >= 11 is 0. The first-order chi connectivity index (χ1) is 35.2. The van der Waals surface area contributed by atoms with Crippen LogP contribution in [0.5, 0.6) is 0 Å². The van der Waals surface area contributed by atoms with Gasteiger partial charge in [-0.1, -0.05) is 92.3 Å². The van der Waals surface area contributed by atoms with Crippen LogP contribution >= 0.6 is 0 Å². The largest absolute Gasteiger partial charge is 0.379 e. The Hall–Kier alpha value is -5.06. The van der Waals surface area contributed by atoms with Gasteiger partial charge in [-0.05, 0) is 81.5 Å². The fourth-order valence-electron chi connectivity index (χ4n) is 11.5. The van der Waals surface area contributed by atoms with E-state index in [1.54, 1.807) is 38.0 Å². The molecule has 16 heteroatoms. The highest BCUT2D eigenvalue weighted by Crippen LogP contribution is 2.32. The molecular formula is C58H90N6O10. The van der Waals surface area contributed by atoms with E-state index in [1.807, 2.05) is 72.1 Å². The number of amides is 5. The van der Waals surface area contributed by atoms with Gasteiger partial charge < -0.3 is 30.0 Å². The number of methoxy groups -OCH3 is 2. The highest BCUT2D eigenvalue weighted by molar-refractivity contribution is 6.12. The molecule has 1 fully saturated rings. The highest BCUT2D eigenvalue weighted by Gasteiger charge is 2.43. The van der Waals surface area contributed by atoms with Crippen molar-refractivity contribution in [2.24, 2.45) is 41.2 Å². The first-order valence-electron chi connectivity index (χ1n) is 27.4. The first kappa shape index (κ1) is 61.5. The summed E-state index contributed by atoms with van der Waals surface area (Å²) in [4.78, 5) is 116. The number of nitrogens with zero attached hydrogens (tertiary/aromatic N) is 4. The number of carbonyl (C=O) groups is 8. The summed E-state index contributed by atoms with van der Waals surface area (Å²) in [6.07, 6.45) is 11.3. The van der Waals surface area contributed by atoms with Crippen molar-refractivity contribution in [3.63, 3.8) is 0 Å². The maximum Gasteiger partial charge on any atom is 0.253 e. The highest BCUT2D eigenvalue weighted by atomic mass is 16.5. The van der Waals surface area contributed by atoms with Crippen LogP contribution in [0.1, 0.15) is 144 Å². The third-order valence-electron chi connectivity index (χ3n) is 16.0. The number of benzene rings is 1. The molecule has 3 N–H and O–H groups in total. The van der Waals surface area contributed by atoms with Gasteiger partial charge in [0.25, 0.3) is 11.8 Å². The maximum atomic E-state index is 14.7. The number of imide groups is 1. The van der Waals surface area contributed by atoms with Gasteiger partial charge in [0.15, 0.2) is 5.78 Å². The zero-order valence-electron chi connectivity index (χ0n) is 46.6. The molecule has 5 amide bonds.